The summed E-state index contributed by atoms with van der Waals surface area (Å²) >= 11 is 1.78. The van der Waals surface area contributed by atoms with Crippen LogP contribution in [0.25, 0.3) is 147 Å². The molecule has 0 saturated carbocycles. The summed E-state index contributed by atoms with van der Waals surface area (Å²) in [4.78, 5) is 16.1. The molecule has 5 heterocycles. The van der Waals surface area contributed by atoms with Crippen molar-refractivity contribution in [3.8, 4) is 39.9 Å². The number of hydrogen-bond acceptors (Lipinski definition) is 6. The third-order valence-corrected chi connectivity index (χ3v) is 14.5. The Bertz CT molecular complexity index is 4420. The SMILES string of the molecule is c1ccc2cc3c(cc2c1)c1ccc2ccccc2c1n3-c1cc(-c2nc(-c3ccc4c(c3)oc3ccccc34)nc(-c3ccc4c(c3)sc3ccccc34)n2)c2c(c1)oc1ccccc12. The Balaban J connectivity index is 1.04. The van der Waals surface area contributed by atoms with Crippen molar-refractivity contribution >= 4 is 119 Å². The van der Waals surface area contributed by atoms with Gasteiger partial charge in [-0.3, -0.25) is 0 Å². The number of hydrogen-bond donors (Lipinski definition) is 0. The van der Waals surface area contributed by atoms with E-state index in [9.17, 15) is 0 Å². The summed E-state index contributed by atoms with van der Waals surface area (Å²) in [6, 6.07) is 68.6. The number of thiophene rings is 1. The number of benzene rings is 10. The number of nitrogens with zero attached hydrogens (tertiary/aromatic N) is 4. The maximum atomic E-state index is 6.82. The van der Waals surface area contributed by atoms with E-state index in [-0.39, 0.29) is 0 Å². The van der Waals surface area contributed by atoms with Crippen LogP contribution >= 0.6 is 11.3 Å². The highest BCUT2D eigenvalue weighted by molar-refractivity contribution is 7.25. The molecule has 6 nitrogen and oxygen atoms in total. The van der Waals surface area contributed by atoms with Crippen molar-refractivity contribution in [2.75, 3.05) is 0 Å². The first kappa shape index (κ1) is 35.8. The topological polar surface area (TPSA) is 69.9 Å². The van der Waals surface area contributed by atoms with E-state index in [1.807, 2.05) is 30.3 Å². The third-order valence-electron chi connectivity index (χ3n) is 13.4. The maximum Gasteiger partial charge on any atom is 0.164 e. The van der Waals surface area contributed by atoms with Crippen molar-refractivity contribution in [1.29, 1.82) is 0 Å². The average Bonchev–Trinajstić information content (AvgIpc) is 4.13. The molecule has 306 valence electrons. The predicted octanol–water partition coefficient (Wildman–Crippen LogP) is 16.4. The molecule has 0 radical (unpaired) electrons. The minimum atomic E-state index is 0.547. The minimum Gasteiger partial charge on any atom is -0.456 e. The molecule has 0 N–H and O–H groups in total. The van der Waals surface area contributed by atoms with Crippen molar-refractivity contribution in [2.45, 2.75) is 0 Å². The fourth-order valence-corrected chi connectivity index (χ4v) is 11.5. The first-order valence-electron chi connectivity index (χ1n) is 22.1. The van der Waals surface area contributed by atoms with Crippen molar-refractivity contribution < 1.29 is 8.83 Å². The van der Waals surface area contributed by atoms with Gasteiger partial charge in [-0.15, -0.1) is 11.3 Å². The van der Waals surface area contributed by atoms with Gasteiger partial charge in [-0.05, 0) is 70.8 Å². The lowest BCUT2D eigenvalue weighted by molar-refractivity contribution is 0.668. The highest BCUT2D eigenvalue weighted by Crippen LogP contribution is 2.44. The Morgan fingerprint density at radius 1 is 0.364 bits per heavy atom. The van der Waals surface area contributed by atoms with Gasteiger partial charge in [0.15, 0.2) is 17.5 Å². The fraction of sp³-hybridized carbons (Fsp3) is 0. The molecule has 10 aromatic carbocycles. The Morgan fingerprint density at radius 2 is 0.955 bits per heavy atom. The molecule has 0 saturated heterocycles. The van der Waals surface area contributed by atoms with Crippen LogP contribution in [0.15, 0.2) is 203 Å². The largest absolute Gasteiger partial charge is 0.456 e. The molecule has 0 bridgehead atoms. The van der Waals surface area contributed by atoms with Crippen molar-refractivity contribution in [3.63, 3.8) is 0 Å². The zero-order valence-electron chi connectivity index (χ0n) is 35.0. The normalized spacial score (nSPS) is 12.2. The lowest BCUT2D eigenvalue weighted by Crippen LogP contribution is -2.02. The van der Waals surface area contributed by atoms with E-state index in [2.05, 4.69) is 168 Å². The van der Waals surface area contributed by atoms with E-state index in [0.29, 0.717) is 17.5 Å². The highest BCUT2D eigenvalue weighted by Gasteiger charge is 2.23. The molecule has 0 aliphatic carbocycles. The number of furan rings is 2. The Morgan fingerprint density at radius 3 is 1.79 bits per heavy atom. The summed E-state index contributed by atoms with van der Waals surface area (Å²) in [5.41, 5.74) is 8.94. The second kappa shape index (κ2) is 13.4. The van der Waals surface area contributed by atoms with Crippen LogP contribution in [0.2, 0.25) is 0 Å². The van der Waals surface area contributed by atoms with Gasteiger partial charge in [-0.1, -0.05) is 133 Å². The van der Waals surface area contributed by atoms with Crippen molar-refractivity contribution in [3.05, 3.63) is 194 Å². The molecular formula is C59H32N4O2S. The quantitative estimate of drug-likeness (QED) is 0.176. The van der Waals surface area contributed by atoms with Crippen LogP contribution in [-0.2, 0) is 0 Å². The molecule has 7 heteroatoms. The van der Waals surface area contributed by atoms with Crippen LogP contribution < -0.4 is 0 Å². The number of rotatable bonds is 4. The van der Waals surface area contributed by atoms with Crippen LogP contribution in [0.5, 0.6) is 0 Å². The van der Waals surface area contributed by atoms with Crippen molar-refractivity contribution in [1.82, 2.24) is 19.5 Å². The Kier molecular flexibility index (Phi) is 7.28. The van der Waals surface area contributed by atoms with E-state index >= 15 is 0 Å². The van der Waals surface area contributed by atoms with E-state index in [4.69, 9.17) is 23.8 Å². The Hall–Kier alpha value is -8.65. The zero-order chi connectivity index (χ0) is 43.0. The molecule has 5 aromatic heterocycles. The van der Waals surface area contributed by atoms with Gasteiger partial charge >= 0.3 is 0 Å². The number of fused-ring (bicyclic) bond motifs is 15. The maximum absolute atomic E-state index is 6.82. The van der Waals surface area contributed by atoms with Gasteiger partial charge in [0.1, 0.15) is 22.3 Å². The summed E-state index contributed by atoms with van der Waals surface area (Å²) in [5, 5.41) is 13.6. The van der Waals surface area contributed by atoms with Crippen LogP contribution in [0.1, 0.15) is 0 Å². The standard InChI is InChI=1S/C59H32N4O2S/c1-2-13-35-28-48-46(27-34(35)12-1)44-26-21-33-11-3-4-14-39(33)56(44)63(48)38-31-47(55-45-17-6-9-19-50(45)65-52(55)32-38)59-61-57(36-22-24-41-40-15-5-8-18-49(40)64-51(41)29-36)60-58(62-59)37-23-25-43-42-16-7-10-20-53(42)66-54(43)30-37/h1-32H. The van der Waals surface area contributed by atoms with Gasteiger partial charge in [-0.2, -0.15) is 0 Å². The average molecular weight is 861 g/mol. The molecule has 0 aliphatic heterocycles. The smallest absolute Gasteiger partial charge is 0.164 e. The van der Waals surface area contributed by atoms with Gasteiger partial charge in [0, 0.05) is 80.6 Å². The fourth-order valence-electron chi connectivity index (χ4n) is 10.4. The molecule has 0 spiro atoms. The summed E-state index contributed by atoms with van der Waals surface area (Å²) in [7, 11) is 0. The first-order chi connectivity index (χ1) is 32.7. The number of para-hydroxylation sites is 2. The summed E-state index contributed by atoms with van der Waals surface area (Å²) in [6.45, 7) is 0. The van der Waals surface area contributed by atoms with E-state index in [1.54, 1.807) is 11.3 Å². The van der Waals surface area contributed by atoms with Gasteiger partial charge in [0.25, 0.3) is 0 Å². The lowest BCUT2D eigenvalue weighted by atomic mass is 10.0. The highest BCUT2D eigenvalue weighted by atomic mass is 32.1. The van der Waals surface area contributed by atoms with Crippen LogP contribution in [0.3, 0.4) is 0 Å². The van der Waals surface area contributed by atoms with Gasteiger partial charge in [0.2, 0.25) is 0 Å². The first-order valence-corrected chi connectivity index (χ1v) is 22.9. The number of aromatic nitrogens is 4. The van der Waals surface area contributed by atoms with Crippen LogP contribution in [0.4, 0.5) is 0 Å². The van der Waals surface area contributed by atoms with E-state index < -0.39 is 0 Å². The minimum absolute atomic E-state index is 0.547. The molecule has 0 atom stereocenters. The lowest BCUT2D eigenvalue weighted by Gasteiger charge is -2.14. The molecular weight excluding hydrogens is 829 g/mol. The Labute approximate surface area is 379 Å². The molecule has 66 heavy (non-hydrogen) atoms. The molecule has 0 unspecified atom stereocenters. The van der Waals surface area contributed by atoms with Gasteiger partial charge < -0.3 is 13.4 Å². The predicted molar refractivity (Wildman–Crippen MR) is 273 cm³/mol. The monoisotopic (exact) mass is 860 g/mol. The third kappa shape index (κ3) is 5.20. The summed E-state index contributed by atoms with van der Waals surface area (Å²) < 4.78 is 18.1. The second-order valence-electron chi connectivity index (χ2n) is 17.1. The summed E-state index contributed by atoms with van der Waals surface area (Å²) in [6.07, 6.45) is 0. The molecule has 15 aromatic rings. The van der Waals surface area contributed by atoms with E-state index in [0.717, 1.165) is 77.3 Å². The van der Waals surface area contributed by atoms with Gasteiger partial charge in [0.05, 0.1) is 16.7 Å². The molecule has 0 aliphatic rings. The summed E-state index contributed by atoms with van der Waals surface area (Å²) in [5.74, 6) is 1.68. The molecule has 0 fully saturated rings. The van der Waals surface area contributed by atoms with Crippen LogP contribution in [-0.4, -0.2) is 19.5 Å². The molecule has 0 amide bonds. The van der Waals surface area contributed by atoms with Gasteiger partial charge in [-0.25, -0.2) is 15.0 Å². The van der Waals surface area contributed by atoms with Crippen molar-refractivity contribution in [2.24, 2.45) is 0 Å². The van der Waals surface area contributed by atoms with E-state index in [1.165, 1.54) is 52.5 Å². The van der Waals surface area contributed by atoms with Crippen LogP contribution in [0, 0.1) is 0 Å². The second-order valence-corrected chi connectivity index (χ2v) is 18.2. The zero-order valence-corrected chi connectivity index (χ0v) is 35.8. The molecule has 15 rings (SSSR count).